The molecular formula is C60H78N5O11S2+. The maximum atomic E-state index is 14.3. The molecule has 3 aromatic rings. The van der Waals surface area contributed by atoms with E-state index in [9.17, 15) is 40.6 Å². The average molecular weight is 1110 g/mol. The number of hydrogen-bond donors (Lipinski definition) is 5. The molecule has 0 radical (unpaired) electrons. The highest BCUT2D eigenvalue weighted by molar-refractivity contribution is 7.86. The number of nitrogens with zero attached hydrogens (tertiary/aromatic N) is 3. The Labute approximate surface area is 460 Å². The van der Waals surface area contributed by atoms with Gasteiger partial charge >= 0.3 is 0 Å². The first-order valence-electron chi connectivity index (χ1n) is 28.0. The molecule has 0 aromatic heterocycles. The van der Waals surface area contributed by atoms with Gasteiger partial charge in [0, 0.05) is 96.5 Å². The molecule has 11 rings (SSSR count). The zero-order chi connectivity index (χ0) is 55.8. The van der Waals surface area contributed by atoms with Gasteiger partial charge in [0.25, 0.3) is 20.2 Å². The molecule has 2 spiro atoms. The van der Waals surface area contributed by atoms with Crippen molar-refractivity contribution in [2.75, 3.05) is 51.8 Å². The first-order valence-corrected chi connectivity index (χ1v) is 30.9. The van der Waals surface area contributed by atoms with Crippen LogP contribution in [-0.2, 0) is 57.2 Å². The second kappa shape index (κ2) is 20.6. The molecule has 420 valence electrons. The van der Waals surface area contributed by atoms with E-state index in [0.29, 0.717) is 50.8 Å². The van der Waals surface area contributed by atoms with Crippen molar-refractivity contribution in [1.82, 2.24) is 15.5 Å². The van der Waals surface area contributed by atoms with Crippen molar-refractivity contribution in [3.8, 4) is 11.5 Å². The highest BCUT2D eigenvalue weighted by atomic mass is 32.2. The SMILES string of the molecule is CCN1/C(=C/C=C/C=C/C2=[N+](CCCCCC(=O)NCCCCCCNC(=O)[C@H]3C[C@@]45CC[C@]3(OC)[C@@H]3Oc6c(O)ccc7c6[C@@]34CCN(C)[C@@H]5C7)c3ccc(S(=O)(=O)O)cc3C2(C)C)C(C)(C)c2cc(S(=O)(=O)O)ccc21. The number of aromatic hydroxyl groups is 1. The van der Waals surface area contributed by atoms with Gasteiger partial charge in [0.2, 0.25) is 17.5 Å². The van der Waals surface area contributed by atoms with E-state index >= 15 is 0 Å². The van der Waals surface area contributed by atoms with Crippen molar-refractivity contribution < 1.29 is 54.7 Å². The first-order chi connectivity index (χ1) is 37.0. The Morgan fingerprint density at radius 2 is 1.53 bits per heavy atom. The molecule has 78 heavy (non-hydrogen) atoms. The van der Waals surface area contributed by atoms with E-state index in [1.807, 2.05) is 65.0 Å². The van der Waals surface area contributed by atoms with Gasteiger partial charge in [-0.15, -0.1) is 0 Å². The van der Waals surface area contributed by atoms with Crippen molar-refractivity contribution in [1.29, 1.82) is 0 Å². The highest BCUT2D eigenvalue weighted by Gasteiger charge is 2.81. The zero-order valence-electron chi connectivity index (χ0n) is 46.2. The van der Waals surface area contributed by atoms with Crippen LogP contribution in [0.4, 0.5) is 11.4 Å². The number of carbonyl (C=O) groups is 2. The van der Waals surface area contributed by atoms with Crippen molar-refractivity contribution in [3.63, 3.8) is 0 Å². The van der Waals surface area contributed by atoms with Crippen LogP contribution in [0.15, 0.2) is 94.4 Å². The van der Waals surface area contributed by atoms with E-state index in [1.165, 1.54) is 29.3 Å². The molecule has 1 saturated heterocycles. The predicted molar refractivity (Wildman–Crippen MR) is 299 cm³/mol. The fraction of sp³-hybridized carbons (Fsp3) is 0.550. The molecule has 18 heteroatoms. The third kappa shape index (κ3) is 9.04. The number of anilines is 1. The summed E-state index contributed by atoms with van der Waals surface area (Å²) in [5.41, 5.74) is 5.31. The van der Waals surface area contributed by atoms with Gasteiger partial charge in [-0.25, -0.2) is 0 Å². The quantitative estimate of drug-likeness (QED) is 0.0293. The fourth-order valence-corrected chi connectivity index (χ4v) is 16.5. The van der Waals surface area contributed by atoms with Crippen LogP contribution in [-0.4, -0.2) is 123 Å². The van der Waals surface area contributed by atoms with Crippen LogP contribution >= 0.6 is 0 Å². The number of likely N-dealkylation sites (tertiary alicyclic amines) is 1. The van der Waals surface area contributed by atoms with Crippen LogP contribution in [0.5, 0.6) is 11.5 Å². The number of methoxy groups -OCH3 is 1. The van der Waals surface area contributed by atoms with Crippen LogP contribution in [0.3, 0.4) is 0 Å². The minimum Gasteiger partial charge on any atom is -0.504 e. The molecule has 8 aliphatic rings. The summed E-state index contributed by atoms with van der Waals surface area (Å²) in [6, 6.07) is 13.5. The summed E-state index contributed by atoms with van der Waals surface area (Å²) in [4.78, 5) is 31.5. The molecule has 4 heterocycles. The number of fused-ring (bicyclic) bond motifs is 4. The number of phenols is 1. The largest absolute Gasteiger partial charge is 0.504 e. The number of amides is 2. The Morgan fingerprint density at radius 1 is 0.833 bits per heavy atom. The second-order valence-electron chi connectivity index (χ2n) is 23.9. The van der Waals surface area contributed by atoms with Crippen LogP contribution in [0.1, 0.15) is 134 Å². The molecule has 6 atom stereocenters. The van der Waals surface area contributed by atoms with Gasteiger partial charge in [-0.1, -0.05) is 51.0 Å². The fourth-order valence-electron chi connectivity index (χ4n) is 15.5. The molecule has 0 unspecified atom stereocenters. The van der Waals surface area contributed by atoms with Crippen molar-refractivity contribution >= 4 is 49.1 Å². The van der Waals surface area contributed by atoms with Crippen molar-refractivity contribution in [3.05, 3.63) is 107 Å². The van der Waals surface area contributed by atoms with E-state index in [0.717, 1.165) is 111 Å². The van der Waals surface area contributed by atoms with E-state index < -0.39 is 36.7 Å². The second-order valence-corrected chi connectivity index (χ2v) is 26.8. The summed E-state index contributed by atoms with van der Waals surface area (Å²) in [5, 5.41) is 17.4. The number of nitrogens with one attached hydrogen (secondary N) is 2. The molecule has 4 aliphatic heterocycles. The van der Waals surface area contributed by atoms with E-state index in [1.54, 1.807) is 31.4 Å². The number of benzene rings is 3. The zero-order valence-corrected chi connectivity index (χ0v) is 47.9. The Bertz CT molecular complexity index is 3280. The number of phenolic OH excluding ortho intramolecular Hbond substituents is 1. The van der Waals surface area contributed by atoms with Gasteiger partial charge in [-0.3, -0.25) is 18.7 Å². The van der Waals surface area contributed by atoms with Crippen LogP contribution in [0.25, 0.3) is 0 Å². The topological polar surface area (TPSA) is 215 Å². The van der Waals surface area contributed by atoms with E-state index in [-0.39, 0.29) is 50.2 Å². The van der Waals surface area contributed by atoms with Crippen LogP contribution in [0, 0.1) is 11.3 Å². The maximum absolute atomic E-state index is 14.3. The monoisotopic (exact) mass is 1110 g/mol. The number of unbranched alkanes of at least 4 members (excludes halogenated alkanes) is 5. The number of ether oxygens (including phenoxy) is 2. The molecule has 16 nitrogen and oxygen atoms in total. The number of allylic oxidation sites excluding steroid dienone is 6. The molecule has 3 saturated carbocycles. The predicted octanol–water partition coefficient (Wildman–Crippen LogP) is 8.57. The first kappa shape index (κ1) is 55.9. The van der Waals surface area contributed by atoms with Gasteiger partial charge < -0.3 is 35.0 Å². The van der Waals surface area contributed by atoms with Crippen molar-refractivity contribution in [2.24, 2.45) is 11.3 Å². The summed E-state index contributed by atoms with van der Waals surface area (Å²) >= 11 is 0. The smallest absolute Gasteiger partial charge is 0.294 e. The maximum Gasteiger partial charge on any atom is 0.294 e. The molecule has 4 aliphatic carbocycles. The number of likely N-dealkylation sites (N-methyl/N-ethyl adjacent to an activating group) is 2. The summed E-state index contributed by atoms with van der Waals surface area (Å²) in [5.74, 6) is 0.460. The number of rotatable bonds is 21. The van der Waals surface area contributed by atoms with Gasteiger partial charge in [0.1, 0.15) is 18.2 Å². The lowest BCUT2D eigenvalue weighted by atomic mass is 9.35. The van der Waals surface area contributed by atoms with Gasteiger partial charge in [-0.05, 0) is 146 Å². The summed E-state index contributed by atoms with van der Waals surface area (Å²) < 4.78 is 83.6. The van der Waals surface area contributed by atoms with Crippen LogP contribution < -0.4 is 20.3 Å². The molecule has 4 fully saturated rings. The minimum absolute atomic E-state index is 0.0172. The number of hydrogen-bond acceptors (Lipinski definition) is 11. The lowest BCUT2D eigenvalue weighted by Gasteiger charge is -2.73. The Hall–Kier alpha value is -5.37. The molecule has 5 N–H and O–H groups in total. The molecule has 2 amide bonds. The van der Waals surface area contributed by atoms with Gasteiger partial charge in [0.05, 0.1) is 21.1 Å². The summed E-state index contributed by atoms with van der Waals surface area (Å²) in [7, 11) is -4.85. The lowest BCUT2D eigenvalue weighted by molar-refractivity contribution is -0.438. The van der Waals surface area contributed by atoms with E-state index in [4.69, 9.17) is 9.47 Å². The standard InChI is InChI=1S/C60H77N5O11S2/c1-8-64-45-25-23-40(77(69,70)71)36-42(45)56(2,3)48(64)19-13-11-14-20-49-57(4,5)43-37-41(78(72,73)74)24-26-46(43)65(49)33-18-12-15-21-51(67)61-31-16-9-10-17-32-62-54(68)44-38-58-28-29-60(44,75-7)55-59(58)30-34-63(6)50(58)35-39-22-27-47(66)53(76-55)52(39)59/h11,13-14,19-20,22-27,36-37,44,50,55H,8-10,12,15-18,21,28-35,38H2,1-7H3,(H4-,61,62,66,67,68,69,70,71,72,73,74)/p+1/t44-,50-,55-,58-,59+,60-/m1/s1. The lowest BCUT2D eigenvalue weighted by Crippen LogP contribution is -2.81. The summed E-state index contributed by atoms with van der Waals surface area (Å²) in [6.45, 7) is 13.5. The van der Waals surface area contributed by atoms with Crippen molar-refractivity contribution in [2.45, 2.75) is 162 Å². The Kier molecular flexibility index (Phi) is 14.8. The molecule has 3 aromatic carbocycles. The third-order valence-corrected chi connectivity index (χ3v) is 21.0. The molecular weight excluding hydrogens is 1030 g/mol. The number of piperidine rings is 1. The Balaban J connectivity index is 0.689. The highest BCUT2D eigenvalue weighted by Crippen LogP contribution is 2.76. The van der Waals surface area contributed by atoms with Gasteiger partial charge in [-0.2, -0.15) is 21.4 Å². The van der Waals surface area contributed by atoms with Gasteiger partial charge in [0.15, 0.2) is 17.2 Å². The minimum atomic E-state index is -4.43. The molecule has 4 bridgehead atoms. The normalized spacial score (nSPS) is 27.6. The average Bonchev–Trinajstić information content (AvgIpc) is 4.15. The van der Waals surface area contributed by atoms with E-state index in [2.05, 4.69) is 38.1 Å². The third-order valence-electron chi connectivity index (χ3n) is 19.3. The number of carbonyl (C=O) groups excluding carboxylic acids is 2. The van der Waals surface area contributed by atoms with Crippen LogP contribution in [0.2, 0.25) is 0 Å². The Morgan fingerprint density at radius 3 is 2.23 bits per heavy atom. The summed E-state index contributed by atoms with van der Waals surface area (Å²) in [6.07, 6.45) is 20.0.